The van der Waals surface area contributed by atoms with Crippen molar-refractivity contribution in [2.24, 2.45) is 0 Å². The number of aliphatic hydroxyl groups is 2. The molecule has 1 aliphatic heterocycles. The van der Waals surface area contributed by atoms with Crippen LogP contribution < -0.4 is 11.5 Å². The number of anilines is 2. The van der Waals surface area contributed by atoms with Crippen molar-refractivity contribution in [1.29, 1.82) is 0 Å². The number of nitrogens with zero attached hydrogens (tertiary/aromatic N) is 4. The van der Waals surface area contributed by atoms with Crippen LogP contribution in [0.2, 0.25) is 0 Å². The van der Waals surface area contributed by atoms with E-state index in [2.05, 4.69) is 20.4 Å². The van der Waals surface area contributed by atoms with Gasteiger partial charge in [0.15, 0.2) is 11.6 Å². The van der Waals surface area contributed by atoms with Crippen LogP contribution in [-0.2, 0) is 25.9 Å². The number of nitrogens with one attached hydrogen (secondary N) is 2. The highest BCUT2D eigenvalue weighted by atomic mass is 16.3. The van der Waals surface area contributed by atoms with Crippen LogP contribution in [0, 0.1) is 0 Å². The number of carbonyl (C=O) groups is 1. The van der Waals surface area contributed by atoms with Crippen molar-refractivity contribution in [3.8, 4) is 0 Å². The first-order valence-electron chi connectivity index (χ1n) is 15.3. The highest BCUT2D eigenvalue weighted by molar-refractivity contribution is 5.90. The van der Waals surface area contributed by atoms with Crippen LogP contribution in [0.15, 0.2) is 97.1 Å². The number of aliphatic hydroxyl groups excluding tert-OH is 2. The molecule has 7 rings (SSSR count). The van der Waals surface area contributed by atoms with E-state index in [1.807, 2.05) is 97.1 Å². The van der Waals surface area contributed by atoms with Gasteiger partial charge >= 0.3 is 6.03 Å². The third kappa shape index (κ3) is 5.62. The second kappa shape index (κ2) is 12.2. The molecule has 3 heterocycles. The van der Waals surface area contributed by atoms with Crippen molar-refractivity contribution >= 4 is 39.5 Å². The van der Waals surface area contributed by atoms with E-state index in [-0.39, 0.29) is 19.1 Å². The van der Waals surface area contributed by atoms with Crippen molar-refractivity contribution in [1.82, 2.24) is 30.2 Å². The van der Waals surface area contributed by atoms with Crippen LogP contribution >= 0.6 is 0 Å². The summed E-state index contributed by atoms with van der Waals surface area (Å²) >= 11 is 0. The van der Waals surface area contributed by atoms with Crippen LogP contribution in [0.25, 0.3) is 21.8 Å². The molecule has 4 aromatic carbocycles. The number of nitrogen functional groups attached to an aromatic ring is 2. The number of hydrogen-bond donors (Lipinski definition) is 6. The Morgan fingerprint density at radius 1 is 0.609 bits per heavy atom. The lowest BCUT2D eigenvalue weighted by Crippen LogP contribution is -2.50. The predicted molar refractivity (Wildman–Crippen MR) is 177 cm³/mol. The second-order valence-corrected chi connectivity index (χ2v) is 12.0. The number of benzene rings is 4. The number of aromatic amines is 2. The van der Waals surface area contributed by atoms with Gasteiger partial charge in [-0.15, -0.1) is 0 Å². The standard InChI is InChI=1S/C35H36N8O3/c36-33-25-15-23(11-13-27(25)38-40-33)19-42-29(17-21-7-3-1-4-8-21)31(44)32(45)30(18-22-9-5-2-6-10-22)43(35(42)46)20-24-12-14-28-26(16-24)34(37)41-39-28/h1-16,29-32,44-45H,17-20H2,(H3,36,38,40)(H3,37,39,41)/t29-,30-,31+,32+/m1/s1. The Labute approximate surface area is 265 Å². The summed E-state index contributed by atoms with van der Waals surface area (Å²) in [7, 11) is 0. The predicted octanol–water partition coefficient (Wildman–Crippen LogP) is 3.99. The normalized spacial score (nSPS) is 20.4. The molecule has 0 bridgehead atoms. The minimum absolute atomic E-state index is 0.183. The minimum atomic E-state index is -1.24. The van der Waals surface area contributed by atoms with Gasteiger partial charge in [-0.05, 0) is 59.4 Å². The molecule has 1 saturated heterocycles. The van der Waals surface area contributed by atoms with Gasteiger partial charge in [-0.2, -0.15) is 10.2 Å². The van der Waals surface area contributed by atoms with Crippen molar-refractivity contribution < 1.29 is 15.0 Å². The Kier molecular flexibility index (Phi) is 7.77. The highest BCUT2D eigenvalue weighted by Crippen LogP contribution is 2.31. The molecule has 11 nitrogen and oxygen atoms in total. The average molecular weight is 617 g/mol. The number of H-pyrrole nitrogens is 2. The lowest BCUT2D eigenvalue weighted by atomic mass is 9.91. The number of hydrogen-bond acceptors (Lipinski definition) is 7. The molecule has 4 atom stereocenters. The van der Waals surface area contributed by atoms with E-state index in [4.69, 9.17) is 11.5 Å². The molecule has 0 spiro atoms. The van der Waals surface area contributed by atoms with Crippen molar-refractivity contribution in [3.63, 3.8) is 0 Å². The van der Waals surface area contributed by atoms with Gasteiger partial charge in [0, 0.05) is 23.9 Å². The molecular weight excluding hydrogens is 580 g/mol. The summed E-state index contributed by atoms with van der Waals surface area (Å²) in [6.07, 6.45) is -1.77. The third-order valence-electron chi connectivity index (χ3n) is 9.03. The number of rotatable bonds is 8. The first kappa shape index (κ1) is 29.3. The number of nitrogens with two attached hydrogens (primary N) is 2. The van der Waals surface area contributed by atoms with Crippen molar-refractivity contribution in [3.05, 3.63) is 119 Å². The number of urea groups is 1. The first-order valence-corrected chi connectivity index (χ1v) is 15.3. The van der Waals surface area contributed by atoms with Gasteiger partial charge in [0.2, 0.25) is 0 Å². The summed E-state index contributed by atoms with van der Waals surface area (Å²) in [6, 6.07) is 29.1. The van der Waals surface area contributed by atoms with E-state index in [9.17, 15) is 15.0 Å². The molecule has 0 unspecified atom stereocenters. The lowest BCUT2D eigenvalue weighted by molar-refractivity contribution is -0.0408. The van der Waals surface area contributed by atoms with Gasteiger partial charge in [0.25, 0.3) is 0 Å². The molecule has 0 aliphatic carbocycles. The number of amides is 2. The van der Waals surface area contributed by atoms with E-state index in [1.165, 1.54) is 0 Å². The first-order chi connectivity index (χ1) is 22.4. The zero-order valence-corrected chi connectivity index (χ0v) is 25.1. The summed E-state index contributed by atoms with van der Waals surface area (Å²) in [6.45, 7) is 0.367. The van der Waals surface area contributed by atoms with E-state index in [0.29, 0.717) is 24.5 Å². The summed E-state index contributed by atoms with van der Waals surface area (Å²) < 4.78 is 0. The Morgan fingerprint density at radius 3 is 1.43 bits per heavy atom. The SMILES string of the molecule is Nc1n[nH]c2ccc(CN3C(=O)N(Cc4ccc5[nH]nc(N)c5c4)[C@H](Cc4ccccc4)[C@H](O)[C@@H](O)[C@H]3Cc3ccccc3)cc12. The highest BCUT2D eigenvalue weighted by Gasteiger charge is 2.46. The molecular formula is C35H36N8O3. The maximum absolute atomic E-state index is 15.0. The summed E-state index contributed by atoms with van der Waals surface area (Å²) in [5, 5.41) is 39.5. The summed E-state index contributed by atoms with van der Waals surface area (Å²) in [4.78, 5) is 18.3. The number of fused-ring (bicyclic) bond motifs is 2. The Balaban J connectivity index is 1.33. The lowest BCUT2D eigenvalue weighted by Gasteiger charge is -2.36. The maximum atomic E-state index is 15.0. The molecule has 2 amide bonds. The van der Waals surface area contributed by atoms with Gasteiger partial charge in [-0.1, -0.05) is 72.8 Å². The van der Waals surface area contributed by atoms with Crippen molar-refractivity contribution in [2.45, 2.75) is 50.2 Å². The molecule has 1 aliphatic rings. The Hall–Kier alpha value is -5.39. The topological polar surface area (TPSA) is 173 Å². The zero-order valence-electron chi connectivity index (χ0n) is 25.1. The fraction of sp³-hybridized carbons (Fsp3) is 0.229. The van der Waals surface area contributed by atoms with Gasteiger partial charge in [-0.25, -0.2) is 4.79 Å². The summed E-state index contributed by atoms with van der Waals surface area (Å²) in [5.74, 6) is 0.739. The monoisotopic (exact) mass is 616 g/mol. The molecule has 6 aromatic rings. The number of carbonyl (C=O) groups excluding carboxylic acids is 1. The molecule has 46 heavy (non-hydrogen) atoms. The minimum Gasteiger partial charge on any atom is -0.388 e. The fourth-order valence-corrected chi connectivity index (χ4v) is 6.57. The Morgan fingerprint density at radius 2 is 1.02 bits per heavy atom. The molecule has 11 heteroatoms. The van der Waals surface area contributed by atoms with E-state index >= 15 is 0 Å². The molecule has 2 aromatic heterocycles. The Bertz CT molecular complexity index is 1830. The third-order valence-corrected chi connectivity index (χ3v) is 9.03. The van der Waals surface area contributed by atoms with Gasteiger partial charge in [-0.3, -0.25) is 10.2 Å². The van der Waals surface area contributed by atoms with E-state index in [1.54, 1.807) is 9.80 Å². The van der Waals surface area contributed by atoms with E-state index < -0.39 is 24.3 Å². The maximum Gasteiger partial charge on any atom is 0.321 e. The fourth-order valence-electron chi connectivity index (χ4n) is 6.57. The van der Waals surface area contributed by atoms with Gasteiger partial charge in [0.1, 0.15) is 12.2 Å². The second-order valence-electron chi connectivity index (χ2n) is 12.0. The van der Waals surface area contributed by atoms with Crippen LogP contribution in [0.3, 0.4) is 0 Å². The van der Waals surface area contributed by atoms with Crippen LogP contribution in [0.5, 0.6) is 0 Å². The van der Waals surface area contributed by atoms with Crippen LogP contribution in [0.1, 0.15) is 22.3 Å². The summed E-state index contributed by atoms with van der Waals surface area (Å²) in [5.41, 5.74) is 17.4. The molecule has 0 radical (unpaired) electrons. The van der Waals surface area contributed by atoms with Crippen molar-refractivity contribution in [2.75, 3.05) is 11.5 Å². The molecule has 8 N–H and O–H groups in total. The van der Waals surface area contributed by atoms with Gasteiger partial charge in [0.05, 0.1) is 23.1 Å². The largest absolute Gasteiger partial charge is 0.388 e. The average Bonchev–Trinajstić information content (AvgIpc) is 3.63. The van der Waals surface area contributed by atoms with Crippen LogP contribution in [0.4, 0.5) is 16.4 Å². The molecule has 234 valence electrons. The number of aromatic nitrogens is 4. The van der Waals surface area contributed by atoms with E-state index in [0.717, 1.165) is 44.1 Å². The van der Waals surface area contributed by atoms with Crippen LogP contribution in [-0.4, -0.2) is 70.7 Å². The smallest absolute Gasteiger partial charge is 0.321 e. The zero-order chi connectivity index (χ0) is 31.8. The molecule has 1 fully saturated rings. The molecule has 0 saturated carbocycles. The van der Waals surface area contributed by atoms with Gasteiger partial charge < -0.3 is 31.5 Å². The quantitative estimate of drug-likeness (QED) is 0.150.